The zero-order valence-electron chi connectivity index (χ0n) is 10.6. The first-order valence-corrected chi connectivity index (χ1v) is 5.78. The van der Waals surface area contributed by atoms with Gasteiger partial charge in [0.2, 0.25) is 0 Å². The lowest BCUT2D eigenvalue weighted by molar-refractivity contribution is 0.0293. The van der Waals surface area contributed by atoms with Crippen molar-refractivity contribution in [2.45, 2.75) is 40.0 Å². The second kappa shape index (κ2) is 6.60. The van der Waals surface area contributed by atoms with Gasteiger partial charge in [-0.1, -0.05) is 19.1 Å². The summed E-state index contributed by atoms with van der Waals surface area (Å²) >= 11 is 0. The lowest BCUT2D eigenvalue weighted by Crippen LogP contribution is -2.18. The Bertz CT molecular complexity index is 298. The molecule has 0 radical (unpaired) electrons. The summed E-state index contributed by atoms with van der Waals surface area (Å²) in [6.07, 6.45) is 2.24. The Kier molecular flexibility index (Phi) is 5.42. The fourth-order valence-electron chi connectivity index (χ4n) is 1.23. The monoisotopic (exact) mass is 226 g/mol. The van der Waals surface area contributed by atoms with Crippen molar-refractivity contribution in [3.05, 3.63) is 11.9 Å². The van der Waals surface area contributed by atoms with Crippen LogP contribution in [0.1, 0.15) is 26.5 Å². The molecule has 0 amide bonds. The van der Waals surface area contributed by atoms with Gasteiger partial charge in [0, 0.05) is 12.7 Å². The van der Waals surface area contributed by atoms with Gasteiger partial charge in [0.05, 0.1) is 24.9 Å². The highest BCUT2D eigenvalue weighted by Gasteiger charge is 2.07. The van der Waals surface area contributed by atoms with Crippen molar-refractivity contribution in [3.8, 4) is 0 Å². The van der Waals surface area contributed by atoms with Crippen molar-refractivity contribution < 1.29 is 4.74 Å². The lowest BCUT2D eigenvalue weighted by Gasteiger charge is -2.16. The molecule has 0 aliphatic rings. The van der Waals surface area contributed by atoms with Crippen LogP contribution < -0.4 is 5.32 Å². The van der Waals surface area contributed by atoms with E-state index in [1.165, 1.54) is 0 Å². The minimum absolute atomic E-state index is 0.292. The molecule has 5 nitrogen and oxygen atoms in total. The zero-order valence-corrected chi connectivity index (χ0v) is 10.6. The Morgan fingerprint density at radius 2 is 2.19 bits per heavy atom. The first-order valence-electron chi connectivity index (χ1n) is 5.78. The normalized spacial score (nSPS) is 13.3. The van der Waals surface area contributed by atoms with E-state index in [1.54, 1.807) is 0 Å². The van der Waals surface area contributed by atoms with E-state index < -0.39 is 0 Å². The summed E-state index contributed by atoms with van der Waals surface area (Å²) in [4.78, 5) is 0. The fourth-order valence-corrected chi connectivity index (χ4v) is 1.23. The molecule has 0 fully saturated rings. The summed E-state index contributed by atoms with van der Waals surface area (Å²) in [7, 11) is 1.90. The SMILES string of the molecule is CNCc1cn(CCOC(C)C(C)C)nn1. The van der Waals surface area contributed by atoms with E-state index in [0.717, 1.165) is 18.8 Å². The van der Waals surface area contributed by atoms with E-state index in [1.807, 2.05) is 17.9 Å². The Labute approximate surface area is 97.2 Å². The van der Waals surface area contributed by atoms with Crippen LogP contribution in [0.4, 0.5) is 0 Å². The molecule has 0 aliphatic carbocycles. The number of nitrogens with zero attached hydrogens (tertiary/aromatic N) is 3. The quantitative estimate of drug-likeness (QED) is 0.755. The molecule has 1 N–H and O–H groups in total. The highest BCUT2D eigenvalue weighted by Crippen LogP contribution is 2.04. The minimum Gasteiger partial charge on any atom is -0.376 e. The highest BCUT2D eigenvalue weighted by molar-refractivity contribution is 4.90. The third kappa shape index (κ3) is 4.28. The average molecular weight is 226 g/mol. The van der Waals surface area contributed by atoms with Crippen LogP contribution in [0.3, 0.4) is 0 Å². The molecule has 1 aromatic heterocycles. The molecule has 1 heterocycles. The van der Waals surface area contributed by atoms with Gasteiger partial charge in [-0.2, -0.15) is 0 Å². The maximum Gasteiger partial charge on any atom is 0.0964 e. The van der Waals surface area contributed by atoms with Crippen LogP contribution in [-0.2, 0) is 17.8 Å². The fraction of sp³-hybridized carbons (Fsp3) is 0.818. The van der Waals surface area contributed by atoms with Crippen molar-refractivity contribution in [1.29, 1.82) is 0 Å². The number of aromatic nitrogens is 3. The average Bonchev–Trinajstić information content (AvgIpc) is 2.66. The van der Waals surface area contributed by atoms with Crippen LogP contribution in [0, 0.1) is 5.92 Å². The standard InChI is InChI=1S/C11H22N4O/c1-9(2)10(3)16-6-5-15-8-11(7-12-4)13-14-15/h8-10,12H,5-7H2,1-4H3. The van der Waals surface area contributed by atoms with E-state index >= 15 is 0 Å². The van der Waals surface area contributed by atoms with Crippen molar-refractivity contribution in [3.63, 3.8) is 0 Å². The summed E-state index contributed by atoms with van der Waals surface area (Å²) in [5.41, 5.74) is 0.958. The molecule has 0 saturated carbocycles. The summed E-state index contributed by atoms with van der Waals surface area (Å²) in [5, 5.41) is 11.1. The van der Waals surface area contributed by atoms with Gasteiger partial charge in [-0.3, -0.25) is 0 Å². The van der Waals surface area contributed by atoms with Crippen LogP contribution in [0.5, 0.6) is 0 Å². The predicted octanol–water partition coefficient (Wildman–Crippen LogP) is 1.06. The topological polar surface area (TPSA) is 52.0 Å². The Morgan fingerprint density at radius 1 is 1.44 bits per heavy atom. The number of hydrogen-bond donors (Lipinski definition) is 1. The van der Waals surface area contributed by atoms with Crippen LogP contribution in [0.2, 0.25) is 0 Å². The zero-order chi connectivity index (χ0) is 12.0. The molecule has 0 bridgehead atoms. The molecule has 0 saturated heterocycles. The maximum atomic E-state index is 5.67. The highest BCUT2D eigenvalue weighted by atomic mass is 16.5. The molecular weight excluding hydrogens is 204 g/mol. The maximum absolute atomic E-state index is 5.67. The van der Waals surface area contributed by atoms with Gasteiger partial charge in [0.1, 0.15) is 0 Å². The summed E-state index contributed by atoms with van der Waals surface area (Å²) in [6, 6.07) is 0. The third-order valence-electron chi connectivity index (χ3n) is 2.58. The van der Waals surface area contributed by atoms with Crippen molar-refractivity contribution in [2.24, 2.45) is 5.92 Å². The van der Waals surface area contributed by atoms with Gasteiger partial charge in [-0.25, -0.2) is 4.68 Å². The van der Waals surface area contributed by atoms with E-state index in [0.29, 0.717) is 18.6 Å². The Balaban J connectivity index is 2.26. The van der Waals surface area contributed by atoms with E-state index in [2.05, 4.69) is 36.4 Å². The first kappa shape index (κ1) is 13.1. The van der Waals surface area contributed by atoms with Crippen LogP contribution in [0.15, 0.2) is 6.20 Å². The van der Waals surface area contributed by atoms with Gasteiger partial charge in [0.25, 0.3) is 0 Å². The molecule has 5 heteroatoms. The number of hydrogen-bond acceptors (Lipinski definition) is 4. The van der Waals surface area contributed by atoms with Crippen molar-refractivity contribution in [1.82, 2.24) is 20.3 Å². The Morgan fingerprint density at radius 3 is 2.81 bits per heavy atom. The molecule has 1 atom stereocenters. The molecule has 0 aromatic carbocycles. The minimum atomic E-state index is 0.292. The second-order valence-electron chi connectivity index (χ2n) is 4.32. The second-order valence-corrected chi connectivity index (χ2v) is 4.32. The van der Waals surface area contributed by atoms with Gasteiger partial charge >= 0.3 is 0 Å². The van der Waals surface area contributed by atoms with Gasteiger partial charge in [-0.15, -0.1) is 5.10 Å². The smallest absolute Gasteiger partial charge is 0.0964 e. The van der Waals surface area contributed by atoms with Gasteiger partial charge in [-0.05, 0) is 19.9 Å². The number of ether oxygens (including phenoxy) is 1. The van der Waals surface area contributed by atoms with E-state index in [-0.39, 0.29) is 0 Å². The number of rotatable bonds is 7. The van der Waals surface area contributed by atoms with Crippen LogP contribution in [0.25, 0.3) is 0 Å². The van der Waals surface area contributed by atoms with Crippen molar-refractivity contribution in [2.75, 3.05) is 13.7 Å². The first-order chi connectivity index (χ1) is 7.63. The van der Waals surface area contributed by atoms with Gasteiger partial charge < -0.3 is 10.1 Å². The van der Waals surface area contributed by atoms with E-state index in [9.17, 15) is 0 Å². The van der Waals surface area contributed by atoms with Gasteiger partial charge in [0.15, 0.2) is 0 Å². The largest absolute Gasteiger partial charge is 0.376 e. The summed E-state index contributed by atoms with van der Waals surface area (Å²) in [6.45, 7) is 8.60. The lowest BCUT2D eigenvalue weighted by atomic mass is 10.1. The molecule has 1 unspecified atom stereocenters. The molecule has 92 valence electrons. The molecular formula is C11H22N4O. The molecule has 1 aromatic rings. The van der Waals surface area contributed by atoms with Crippen LogP contribution >= 0.6 is 0 Å². The van der Waals surface area contributed by atoms with E-state index in [4.69, 9.17) is 4.74 Å². The summed E-state index contributed by atoms with van der Waals surface area (Å²) < 4.78 is 7.49. The van der Waals surface area contributed by atoms with Crippen molar-refractivity contribution >= 4 is 0 Å². The molecule has 16 heavy (non-hydrogen) atoms. The number of nitrogens with one attached hydrogen (secondary N) is 1. The van der Waals surface area contributed by atoms with Crippen LogP contribution in [-0.4, -0.2) is 34.8 Å². The molecule has 0 spiro atoms. The third-order valence-corrected chi connectivity index (χ3v) is 2.58. The Hall–Kier alpha value is -0.940. The summed E-state index contributed by atoms with van der Waals surface area (Å²) in [5.74, 6) is 0.551. The predicted molar refractivity (Wildman–Crippen MR) is 63.0 cm³/mol. The molecule has 1 rings (SSSR count). The molecule has 0 aliphatic heterocycles.